The Kier molecular flexibility index (Phi) is 5.54. The van der Waals surface area contributed by atoms with Crippen molar-refractivity contribution in [1.82, 2.24) is 14.9 Å². The SMILES string of the molecule is CCCNc1cnc(CN2CCOCC2CC)cn1. The average molecular weight is 264 g/mol. The largest absolute Gasteiger partial charge is 0.378 e. The van der Waals surface area contributed by atoms with Gasteiger partial charge in [-0.25, -0.2) is 4.98 Å². The maximum absolute atomic E-state index is 5.52. The van der Waals surface area contributed by atoms with E-state index in [-0.39, 0.29) is 0 Å². The Hall–Kier alpha value is -1.20. The monoisotopic (exact) mass is 264 g/mol. The topological polar surface area (TPSA) is 50.3 Å². The maximum atomic E-state index is 5.52. The first-order chi connectivity index (χ1) is 9.33. The van der Waals surface area contributed by atoms with E-state index in [1.165, 1.54) is 0 Å². The minimum atomic E-state index is 0.508. The van der Waals surface area contributed by atoms with Crippen LogP contribution < -0.4 is 5.32 Å². The molecule has 1 saturated heterocycles. The first kappa shape index (κ1) is 14.2. The Bertz CT molecular complexity index is 368. The standard InChI is InChI=1S/C14H24N4O/c1-3-5-15-14-9-16-12(8-17-14)10-18-6-7-19-11-13(18)4-2/h8-9,13H,3-7,10-11H2,1-2H3,(H,15,17). The molecule has 2 heterocycles. The van der Waals surface area contributed by atoms with Gasteiger partial charge in [0.1, 0.15) is 5.82 Å². The number of morpholine rings is 1. The number of anilines is 1. The molecular weight excluding hydrogens is 240 g/mol. The second-order valence-corrected chi connectivity index (χ2v) is 4.93. The highest BCUT2D eigenvalue weighted by atomic mass is 16.5. The molecule has 1 aliphatic heterocycles. The quantitative estimate of drug-likeness (QED) is 0.850. The summed E-state index contributed by atoms with van der Waals surface area (Å²) >= 11 is 0. The van der Waals surface area contributed by atoms with Crippen LogP contribution in [0.15, 0.2) is 12.4 Å². The molecule has 1 fully saturated rings. The molecule has 0 spiro atoms. The predicted octanol–water partition coefficient (Wildman–Crippen LogP) is 1.91. The van der Waals surface area contributed by atoms with Gasteiger partial charge in [-0.05, 0) is 12.8 Å². The molecule has 19 heavy (non-hydrogen) atoms. The first-order valence-electron chi connectivity index (χ1n) is 7.20. The molecule has 0 amide bonds. The van der Waals surface area contributed by atoms with Crippen molar-refractivity contribution in [2.75, 3.05) is 31.6 Å². The van der Waals surface area contributed by atoms with Crippen molar-refractivity contribution in [3.8, 4) is 0 Å². The summed E-state index contributed by atoms with van der Waals surface area (Å²) in [5, 5.41) is 3.24. The summed E-state index contributed by atoms with van der Waals surface area (Å²) in [7, 11) is 0. The van der Waals surface area contributed by atoms with Gasteiger partial charge in [0.15, 0.2) is 0 Å². The fourth-order valence-corrected chi connectivity index (χ4v) is 2.26. The summed E-state index contributed by atoms with van der Waals surface area (Å²) in [6.07, 6.45) is 5.91. The van der Waals surface area contributed by atoms with Gasteiger partial charge in [-0.15, -0.1) is 0 Å². The van der Waals surface area contributed by atoms with Crippen molar-refractivity contribution >= 4 is 5.82 Å². The van der Waals surface area contributed by atoms with E-state index in [0.717, 1.165) is 57.2 Å². The summed E-state index contributed by atoms with van der Waals surface area (Å²) in [6.45, 7) is 8.78. The molecular formula is C14H24N4O. The Labute approximate surface area is 115 Å². The van der Waals surface area contributed by atoms with Crippen LogP contribution in [0.1, 0.15) is 32.4 Å². The third-order valence-electron chi connectivity index (χ3n) is 3.45. The third kappa shape index (κ3) is 4.14. The van der Waals surface area contributed by atoms with E-state index in [1.807, 2.05) is 12.4 Å². The normalized spacial score (nSPS) is 20.4. The maximum Gasteiger partial charge on any atom is 0.144 e. The van der Waals surface area contributed by atoms with Crippen LogP contribution in [0.25, 0.3) is 0 Å². The number of aromatic nitrogens is 2. The highest BCUT2D eigenvalue weighted by Crippen LogP contribution is 2.13. The zero-order valence-electron chi connectivity index (χ0n) is 11.9. The molecule has 5 heteroatoms. The summed E-state index contributed by atoms with van der Waals surface area (Å²) in [6, 6.07) is 0.508. The van der Waals surface area contributed by atoms with Crippen LogP contribution in [0.5, 0.6) is 0 Å². The second kappa shape index (κ2) is 7.40. The summed E-state index contributed by atoms with van der Waals surface area (Å²) < 4.78 is 5.52. The van der Waals surface area contributed by atoms with Gasteiger partial charge in [0, 0.05) is 25.7 Å². The Morgan fingerprint density at radius 1 is 1.37 bits per heavy atom. The molecule has 1 aromatic heterocycles. The molecule has 0 saturated carbocycles. The van der Waals surface area contributed by atoms with E-state index < -0.39 is 0 Å². The van der Waals surface area contributed by atoms with Gasteiger partial charge in [-0.3, -0.25) is 9.88 Å². The van der Waals surface area contributed by atoms with E-state index in [2.05, 4.69) is 34.0 Å². The van der Waals surface area contributed by atoms with Crippen molar-refractivity contribution in [3.05, 3.63) is 18.1 Å². The Balaban J connectivity index is 1.90. The van der Waals surface area contributed by atoms with Gasteiger partial charge < -0.3 is 10.1 Å². The number of hydrogen-bond acceptors (Lipinski definition) is 5. The van der Waals surface area contributed by atoms with Crippen LogP contribution >= 0.6 is 0 Å². The molecule has 0 radical (unpaired) electrons. The van der Waals surface area contributed by atoms with Crippen LogP contribution in [0.3, 0.4) is 0 Å². The molecule has 1 atom stereocenters. The summed E-state index contributed by atoms with van der Waals surface area (Å²) in [5.41, 5.74) is 1.03. The molecule has 2 rings (SSSR count). The van der Waals surface area contributed by atoms with E-state index in [0.29, 0.717) is 6.04 Å². The van der Waals surface area contributed by atoms with Crippen molar-refractivity contribution in [2.24, 2.45) is 0 Å². The molecule has 1 aliphatic rings. The highest BCUT2D eigenvalue weighted by Gasteiger charge is 2.21. The fourth-order valence-electron chi connectivity index (χ4n) is 2.26. The van der Waals surface area contributed by atoms with Gasteiger partial charge >= 0.3 is 0 Å². The van der Waals surface area contributed by atoms with Gasteiger partial charge in [0.2, 0.25) is 0 Å². The summed E-state index contributed by atoms with van der Waals surface area (Å²) in [5.74, 6) is 0.861. The van der Waals surface area contributed by atoms with E-state index in [1.54, 1.807) is 0 Å². The zero-order valence-corrected chi connectivity index (χ0v) is 11.9. The number of ether oxygens (including phenoxy) is 1. The van der Waals surface area contributed by atoms with Crippen LogP contribution in [-0.4, -0.2) is 47.2 Å². The lowest BCUT2D eigenvalue weighted by molar-refractivity contribution is -0.0133. The number of nitrogens with one attached hydrogen (secondary N) is 1. The Morgan fingerprint density at radius 3 is 2.95 bits per heavy atom. The molecule has 1 unspecified atom stereocenters. The van der Waals surface area contributed by atoms with Gasteiger partial charge in [0.05, 0.1) is 31.3 Å². The van der Waals surface area contributed by atoms with Gasteiger partial charge in [0.25, 0.3) is 0 Å². The Morgan fingerprint density at radius 2 is 2.26 bits per heavy atom. The van der Waals surface area contributed by atoms with Crippen LogP contribution in [0, 0.1) is 0 Å². The summed E-state index contributed by atoms with van der Waals surface area (Å²) in [4.78, 5) is 11.3. The molecule has 5 nitrogen and oxygen atoms in total. The molecule has 1 aromatic rings. The lowest BCUT2D eigenvalue weighted by Gasteiger charge is -2.34. The average Bonchev–Trinajstić information content (AvgIpc) is 2.47. The van der Waals surface area contributed by atoms with Crippen molar-refractivity contribution in [1.29, 1.82) is 0 Å². The first-order valence-corrected chi connectivity index (χ1v) is 7.20. The predicted molar refractivity (Wildman–Crippen MR) is 76.1 cm³/mol. The zero-order chi connectivity index (χ0) is 13.5. The smallest absolute Gasteiger partial charge is 0.144 e. The van der Waals surface area contributed by atoms with E-state index >= 15 is 0 Å². The third-order valence-corrected chi connectivity index (χ3v) is 3.45. The minimum absolute atomic E-state index is 0.508. The van der Waals surface area contributed by atoms with Crippen molar-refractivity contribution < 1.29 is 4.74 Å². The number of rotatable bonds is 6. The van der Waals surface area contributed by atoms with Crippen LogP contribution in [-0.2, 0) is 11.3 Å². The fraction of sp³-hybridized carbons (Fsp3) is 0.714. The minimum Gasteiger partial charge on any atom is -0.378 e. The van der Waals surface area contributed by atoms with Gasteiger partial charge in [-0.1, -0.05) is 13.8 Å². The molecule has 0 aliphatic carbocycles. The van der Waals surface area contributed by atoms with E-state index in [4.69, 9.17) is 4.74 Å². The highest BCUT2D eigenvalue weighted by molar-refractivity contribution is 5.30. The lowest BCUT2D eigenvalue weighted by Crippen LogP contribution is -2.44. The van der Waals surface area contributed by atoms with Crippen LogP contribution in [0.2, 0.25) is 0 Å². The van der Waals surface area contributed by atoms with E-state index in [9.17, 15) is 0 Å². The number of nitrogens with zero attached hydrogens (tertiary/aromatic N) is 3. The molecule has 1 N–H and O–H groups in total. The van der Waals surface area contributed by atoms with Crippen molar-refractivity contribution in [2.45, 2.75) is 39.3 Å². The van der Waals surface area contributed by atoms with Crippen molar-refractivity contribution in [3.63, 3.8) is 0 Å². The van der Waals surface area contributed by atoms with Gasteiger partial charge in [-0.2, -0.15) is 0 Å². The molecule has 0 bridgehead atoms. The molecule has 106 valence electrons. The number of hydrogen-bond donors (Lipinski definition) is 1. The van der Waals surface area contributed by atoms with Crippen LogP contribution in [0.4, 0.5) is 5.82 Å². The second-order valence-electron chi connectivity index (χ2n) is 4.93. The molecule has 0 aromatic carbocycles. The lowest BCUT2D eigenvalue weighted by atomic mass is 10.1.